The Kier molecular flexibility index (Phi) is 2.82. The molecule has 5 nitrogen and oxygen atoms in total. The van der Waals surface area contributed by atoms with Gasteiger partial charge in [0.05, 0.1) is 6.61 Å². The monoisotopic (exact) mass is 170 g/mol. The van der Waals surface area contributed by atoms with Gasteiger partial charge in [0.25, 0.3) is 5.56 Å². The van der Waals surface area contributed by atoms with E-state index < -0.39 is 5.69 Å². The lowest BCUT2D eigenvalue weighted by atomic mass is 10.2. The molecule has 0 saturated carbocycles. The molecule has 1 aromatic heterocycles. The zero-order chi connectivity index (χ0) is 8.97. The van der Waals surface area contributed by atoms with E-state index in [-0.39, 0.29) is 5.56 Å². The Bertz CT molecular complexity index is 352. The molecule has 0 fully saturated rings. The molecule has 1 heterocycles. The van der Waals surface area contributed by atoms with Gasteiger partial charge in [0.15, 0.2) is 0 Å². The number of H-pyrrole nitrogens is 2. The van der Waals surface area contributed by atoms with Gasteiger partial charge in [-0.05, 0) is 0 Å². The van der Waals surface area contributed by atoms with Crippen LogP contribution in [0.25, 0.3) is 0 Å². The first-order valence-corrected chi connectivity index (χ1v) is 3.54. The van der Waals surface area contributed by atoms with Crippen LogP contribution in [0.4, 0.5) is 0 Å². The zero-order valence-electron chi connectivity index (χ0n) is 6.72. The van der Waals surface area contributed by atoms with Crippen LogP contribution >= 0.6 is 0 Å². The maximum atomic E-state index is 11.0. The van der Waals surface area contributed by atoms with E-state index in [4.69, 9.17) is 4.74 Å². The summed E-state index contributed by atoms with van der Waals surface area (Å²) in [5.41, 5.74) is -0.312. The van der Waals surface area contributed by atoms with Crippen LogP contribution in [0.15, 0.2) is 15.8 Å². The summed E-state index contributed by atoms with van der Waals surface area (Å²) in [5, 5.41) is 0. The number of aromatic amines is 2. The molecule has 0 bridgehead atoms. The molecule has 0 unspecified atom stereocenters. The van der Waals surface area contributed by atoms with Gasteiger partial charge in [-0.15, -0.1) is 0 Å². The van der Waals surface area contributed by atoms with Crippen LogP contribution in [0.5, 0.6) is 0 Å². The fourth-order valence-electron chi connectivity index (χ4n) is 0.835. The molecule has 0 radical (unpaired) electrons. The van der Waals surface area contributed by atoms with Crippen molar-refractivity contribution in [1.29, 1.82) is 0 Å². The van der Waals surface area contributed by atoms with Crippen molar-refractivity contribution in [2.24, 2.45) is 0 Å². The fourth-order valence-corrected chi connectivity index (χ4v) is 0.835. The fraction of sp³-hybridized carbons (Fsp3) is 0.429. The molecule has 0 spiro atoms. The van der Waals surface area contributed by atoms with Gasteiger partial charge in [-0.3, -0.25) is 9.78 Å². The normalized spacial score (nSPS) is 10.1. The van der Waals surface area contributed by atoms with Gasteiger partial charge in [0, 0.05) is 25.3 Å². The van der Waals surface area contributed by atoms with E-state index in [1.54, 1.807) is 7.11 Å². The van der Waals surface area contributed by atoms with Crippen LogP contribution in [-0.4, -0.2) is 23.7 Å². The number of nitrogens with one attached hydrogen (secondary N) is 2. The third-order valence-corrected chi connectivity index (χ3v) is 1.47. The average Bonchev–Trinajstić information content (AvgIpc) is 2.03. The molecule has 0 atom stereocenters. The minimum atomic E-state index is -0.485. The number of rotatable bonds is 3. The summed E-state index contributed by atoms with van der Waals surface area (Å²) in [5.74, 6) is 0. The van der Waals surface area contributed by atoms with E-state index in [9.17, 15) is 9.59 Å². The highest BCUT2D eigenvalue weighted by Gasteiger charge is 1.98. The largest absolute Gasteiger partial charge is 0.384 e. The third-order valence-electron chi connectivity index (χ3n) is 1.47. The Morgan fingerprint density at radius 1 is 1.50 bits per heavy atom. The topological polar surface area (TPSA) is 75.0 Å². The number of hydrogen-bond donors (Lipinski definition) is 2. The third kappa shape index (κ3) is 2.06. The first-order chi connectivity index (χ1) is 5.74. The van der Waals surface area contributed by atoms with Gasteiger partial charge in [-0.1, -0.05) is 0 Å². The summed E-state index contributed by atoms with van der Waals surface area (Å²) in [7, 11) is 1.56. The van der Waals surface area contributed by atoms with Crippen molar-refractivity contribution in [2.45, 2.75) is 6.42 Å². The number of methoxy groups -OCH3 is 1. The van der Waals surface area contributed by atoms with Gasteiger partial charge in [-0.25, -0.2) is 4.79 Å². The Balaban J connectivity index is 2.87. The van der Waals surface area contributed by atoms with Gasteiger partial charge in [0.2, 0.25) is 0 Å². The molecule has 0 aliphatic rings. The summed E-state index contributed by atoms with van der Waals surface area (Å²) >= 11 is 0. The highest BCUT2D eigenvalue weighted by atomic mass is 16.5. The molecule has 0 aliphatic carbocycles. The van der Waals surface area contributed by atoms with Crippen LogP contribution in [0.3, 0.4) is 0 Å². The number of hydrogen-bond acceptors (Lipinski definition) is 3. The van der Waals surface area contributed by atoms with Crippen molar-refractivity contribution in [1.82, 2.24) is 9.97 Å². The molecule has 2 N–H and O–H groups in total. The summed E-state index contributed by atoms with van der Waals surface area (Å²) in [4.78, 5) is 26.1. The zero-order valence-corrected chi connectivity index (χ0v) is 6.72. The average molecular weight is 170 g/mol. The standard InChI is InChI=1S/C7H10N2O3/c1-12-3-2-5-4-8-7(11)9-6(5)10/h4H,2-3H2,1H3,(H2,8,9,10,11). The quantitative estimate of drug-likeness (QED) is 0.626. The van der Waals surface area contributed by atoms with Crippen molar-refractivity contribution < 1.29 is 4.74 Å². The van der Waals surface area contributed by atoms with E-state index in [0.717, 1.165) is 0 Å². The lowest BCUT2D eigenvalue weighted by Crippen LogP contribution is -2.25. The Morgan fingerprint density at radius 3 is 2.83 bits per heavy atom. The predicted octanol–water partition coefficient (Wildman–Crippen LogP) is -0.748. The molecule has 0 aliphatic heterocycles. The molecule has 66 valence electrons. The molecule has 1 rings (SSSR count). The van der Waals surface area contributed by atoms with Crippen LogP contribution in [0, 0.1) is 0 Å². The van der Waals surface area contributed by atoms with E-state index >= 15 is 0 Å². The minimum Gasteiger partial charge on any atom is -0.384 e. The Hall–Kier alpha value is -1.36. The van der Waals surface area contributed by atoms with E-state index in [1.807, 2.05) is 0 Å². The predicted molar refractivity (Wildman–Crippen MR) is 43.3 cm³/mol. The van der Waals surface area contributed by atoms with Crippen molar-refractivity contribution in [3.8, 4) is 0 Å². The maximum absolute atomic E-state index is 11.0. The molecule has 0 aromatic carbocycles. The van der Waals surface area contributed by atoms with Gasteiger partial charge < -0.3 is 9.72 Å². The molecule has 0 saturated heterocycles. The van der Waals surface area contributed by atoms with Crippen molar-refractivity contribution in [3.05, 3.63) is 32.6 Å². The second-order valence-corrected chi connectivity index (χ2v) is 2.34. The smallest absolute Gasteiger partial charge is 0.325 e. The van der Waals surface area contributed by atoms with E-state index in [2.05, 4.69) is 9.97 Å². The van der Waals surface area contributed by atoms with Crippen molar-refractivity contribution >= 4 is 0 Å². The van der Waals surface area contributed by atoms with E-state index in [1.165, 1.54) is 6.20 Å². The van der Waals surface area contributed by atoms with Crippen LogP contribution in [0.1, 0.15) is 5.56 Å². The van der Waals surface area contributed by atoms with Crippen LogP contribution in [-0.2, 0) is 11.2 Å². The number of aromatic nitrogens is 2. The number of ether oxygens (including phenoxy) is 1. The summed E-state index contributed by atoms with van der Waals surface area (Å²) in [6.07, 6.45) is 1.91. The Labute approximate surface area is 68.4 Å². The molecule has 1 aromatic rings. The van der Waals surface area contributed by atoms with Crippen LogP contribution in [0.2, 0.25) is 0 Å². The minimum absolute atomic E-state index is 0.351. The van der Waals surface area contributed by atoms with Gasteiger partial charge in [0.1, 0.15) is 0 Å². The summed E-state index contributed by atoms with van der Waals surface area (Å²) < 4.78 is 4.79. The highest BCUT2D eigenvalue weighted by Crippen LogP contribution is 1.86. The summed E-state index contributed by atoms with van der Waals surface area (Å²) in [6.45, 7) is 0.467. The molecule has 5 heteroatoms. The van der Waals surface area contributed by atoms with E-state index in [0.29, 0.717) is 18.6 Å². The lowest BCUT2D eigenvalue weighted by Gasteiger charge is -1.96. The molecule has 12 heavy (non-hydrogen) atoms. The Morgan fingerprint density at radius 2 is 2.25 bits per heavy atom. The second-order valence-electron chi connectivity index (χ2n) is 2.34. The van der Waals surface area contributed by atoms with Crippen molar-refractivity contribution in [3.63, 3.8) is 0 Å². The van der Waals surface area contributed by atoms with Gasteiger partial charge in [-0.2, -0.15) is 0 Å². The van der Waals surface area contributed by atoms with Gasteiger partial charge >= 0.3 is 5.69 Å². The molecular weight excluding hydrogens is 160 g/mol. The first kappa shape index (κ1) is 8.73. The lowest BCUT2D eigenvalue weighted by molar-refractivity contribution is 0.202. The highest BCUT2D eigenvalue weighted by molar-refractivity contribution is 5.02. The summed E-state index contributed by atoms with van der Waals surface area (Å²) in [6, 6.07) is 0. The molecular formula is C7H10N2O3. The van der Waals surface area contributed by atoms with Crippen molar-refractivity contribution in [2.75, 3.05) is 13.7 Å². The first-order valence-electron chi connectivity index (χ1n) is 3.54. The second kappa shape index (κ2) is 3.87. The SMILES string of the molecule is COCCc1c[nH]c(=O)[nH]c1=O. The van der Waals surface area contributed by atoms with Crippen LogP contribution < -0.4 is 11.2 Å². The molecule has 0 amide bonds. The maximum Gasteiger partial charge on any atom is 0.325 e.